The third-order valence-corrected chi connectivity index (χ3v) is 3.32. The fourth-order valence-electron chi connectivity index (χ4n) is 1.90. The summed E-state index contributed by atoms with van der Waals surface area (Å²) in [5, 5.41) is 3.45. The molecule has 0 saturated carbocycles. The Labute approximate surface area is 134 Å². The Hall–Kier alpha value is -1.85. The molecule has 0 aliphatic rings. The molecule has 22 heavy (non-hydrogen) atoms. The third kappa shape index (κ3) is 4.58. The van der Waals surface area contributed by atoms with Gasteiger partial charge in [0.05, 0.1) is 18.9 Å². The first-order chi connectivity index (χ1) is 10.6. The molecule has 0 radical (unpaired) electrons. The Balaban J connectivity index is 1.70. The molecule has 5 nitrogen and oxygen atoms in total. The molecular formula is C16H19ClN2O3. The Morgan fingerprint density at radius 3 is 2.73 bits per heavy atom. The smallest absolute Gasteiger partial charge is 0.289 e. The molecule has 0 bridgehead atoms. The van der Waals surface area contributed by atoms with Gasteiger partial charge in [-0.15, -0.1) is 0 Å². The van der Waals surface area contributed by atoms with E-state index in [4.69, 9.17) is 20.8 Å². The summed E-state index contributed by atoms with van der Waals surface area (Å²) in [5.41, 5.74) is 1.64. The molecule has 1 aromatic heterocycles. The summed E-state index contributed by atoms with van der Waals surface area (Å²) in [4.78, 5) is 16.1. The number of nitrogens with one attached hydrogen (secondary N) is 1. The maximum absolute atomic E-state index is 12.0. The van der Waals surface area contributed by atoms with Gasteiger partial charge in [-0.3, -0.25) is 4.79 Å². The van der Waals surface area contributed by atoms with E-state index < -0.39 is 0 Å². The van der Waals surface area contributed by atoms with Crippen LogP contribution in [0.15, 0.2) is 28.7 Å². The van der Waals surface area contributed by atoms with Crippen molar-refractivity contribution in [2.24, 2.45) is 0 Å². The van der Waals surface area contributed by atoms with Crippen LogP contribution in [0.2, 0.25) is 5.02 Å². The number of hydrogen-bond donors (Lipinski definition) is 1. The minimum Gasteiger partial charge on any atom is -0.435 e. The lowest BCUT2D eigenvalue weighted by Gasteiger charge is -2.06. The summed E-state index contributed by atoms with van der Waals surface area (Å²) in [6.07, 6.45) is 0.665. The Morgan fingerprint density at radius 2 is 2.09 bits per heavy atom. The van der Waals surface area contributed by atoms with Crippen LogP contribution in [0.25, 0.3) is 0 Å². The zero-order valence-electron chi connectivity index (χ0n) is 12.7. The molecule has 1 aromatic carbocycles. The van der Waals surface area contributed by atoms with Crippen molar-refractivity contribution < 1.29 is 13.9 Å². The summed E-state index contributed by atoms with van der Waals surface area (Å²) in [5.74, 6) is 0.580. The lowest BCUT2D eigenvalue weighted by molar-refractivity contribution is 0.0873. The van der Waals surface area contributed by atoms with Crippen LogP contribution in [-0.4, -0.2) is 24.0 Å². The molecule has 0 atom stereocenters. The van der Waals surface area contributed by atoms with E-state index >= 15 is 0 Å². The van der Waals surface area contributed by atoms with Crippen LogP contribution in [0.1, 0.15) is 34.6 Å². The first-order valence-electron chi connectivity index (χ1n) is 7.17. The molecule has 1 amide bonds. The van der Waals surface area contributed by atoms with E-state index in [9.17, 15) is 4.79 Å². The molecule has 118 valence electrons. The Kier molecular flexibility index (Phi) is 5.98. The topological polar surface area (TPSA) is 64.4 Å². The second kappa shape index (κ2) is 7.96. The van der Waals surface area contributed by atoms with Gasteiger partial charge in [0.15, 0.2) is 5.89 Å². The maximum Gasteiger partial charge on any atom is 0.289 e. The Morgan fingerprint density at radius 1 is 1.36 bits per heavy atom. The van der Waals surface area contributed by atoms with E-state index in [0.29, 0.717) is 42.8 Å². The minimum absolute atomic E-state index is 0.264. The number of rotatable bonds is 7. The largest absolute Gasteiger partial charge is 0.435 e. The van der Waals surface area contributed by atoms with Crippen molar-refractivity contribution in [2.45, 2.75) is 26.9 Å². The van der Waals surface area contributed by atoms with Gasteiger partial charge in [0.1, 0.15) is 0 Å². The number of carbonyl (C=O) groups is 1. The highest BCUT2D eigenvalue weighted by atomic mass is 35.5. The predicted octanol–water partition coefficient (Wildman–Crippen LogP) is 3.15. The quantitative estimate of drug-likeness (QED) is 0.795. The normalized spacial score (nSPS) is 10.7. The lowest BCUT2D eigenvalue weighted by Crippen LogP contribution is -2.27. The summed E-state index contributed by atoms with van der Waals surface area (Å²) in [6.45, 7) is 5.00. The summed E-state index contributed by atoms with van der Waals surface area (Å²) < 4.78 is 10.9. The number of aryl methyl sites for hydroxylation is 2. The first-order valence-corrected chi connectivity index (χ1v) is 7.54. The molecule has 0 aliphatic carbocycles. The SMILES string of the molecule is CCc1nc(C)c(C(=O)NCCOCc2ccc(Cl)cc2)o1. The van der Waals surface area contributed by atoms with Gasteiger partial charge in [-0.2, -0.15) is 0 Å². The number of nitrogens with zero attached hydrogens (tertiary/aromatic N) is 1. The standard InChI is InChI=1S/C16H19ClN2O3/c1-3-14-19-11(2)15(22-14)16(20)18-8-9-21-10-12-4-6-13(17)7-5-12/h4-7H,3,8-10H2,1-2H3,(H,18,20). The van der Waals surface area contributed by atoms with Gasteiger partial charge in [-0.25, -0.2) is 4.98 Å². The van der Waals surface area contributed by atoms with Crippen LogP contribution in [0.3, 0.4) is 0 Å². The zero-order valence-corrected chi connectivity index (χ0v) is 13.4. The molecule has 0 fully saturated rings. The fraction of sp³-hybridized carbons (Fsp3) is 0.375. The zero-order chi connectivity index (χ0) is 15.9. The molecular weight excluding hydrogens is 304 g/mol. The van der Waals surface area contributed by atoms with Gasteiger partial charge in [-0.05, 0) is 24.6 Å². The van der Waals surface area contributed by atoms with E-state index in [1.807, 2.05) is 31.2 Å². The first kappa shape index (κ1) is 16.5. The number of oxazole rings is 1. The number of hydrogen-bond acceptors (Lipinski definition) is 4. The van der Waals surface area contributed by atoms with Crippen molar-refractivity contribution >= 4 is 17.5 Å². The van der Waals surface area contributed by atoms with Crippen LogP contribution >= 0.6 is 11.6 Å². The number of ether oxygens (including phenoxy) is 1. The molecule has 1 N–H and O–H groups in total. The molecule has 0 spiro atoms. The van der Waals surface area contributed by atoms with Crippen molar-refractivity contribution in [3.05, 3.63) is 52.2 Å². The van der Waals surface area contributed by atoms with Gasteiger partial charge in [0.25, 0.3) is 5.91 Å². The minimum atomic E-state index is -0.264. The number of aromatic nitrogens is 1. The second-order valence-electron chi connectivity index (χ2n) is 4.81. The lowest BCUT2D eigenvalue weighted by atomic mass is 10.2. The summed E-state index contributed by atoms with van der Waals surface area (Å²) in [7, 11) is 0. The summed E-state index contributed by atoms with van der Waals surface area (Å²) in [6, 6.07) is 7.45. The highest BCUT2D eigenvalue weighted by molar-refractivity contribution is 6.30. The van der Waals surface area contributed by atoms with Gasteiger partial charge < -0.3 is 14.5 Å². The van der Waals surface area contributed by atoms with Gasteiger partial charge in [0.2, 0.25) is 5.76 Å². The molecule has 2 aromatic rings. The molecule has 2 rings (SSSR count). The Bertz CT molecular complexity index is 623. The van der Waals surface area contributed by atoms with Crippen LogP contribution in [-0.2, 0) is 17.8 Å². The highest BCUT2D eigenvalue weighted by Gasteiger charge is 2.15. The monoisotopic (exact) mass is 322 g/mol. The summed E-state index contributed by atoms with van der Waals surface area (Å²) >= 11 is 5.81. The van der Waals surface area contributed by atoms with Crippen LogP contribution in [0.5, 0.6) is 0 Å². The van der Waals surface area contributed by atoms with Gasteiger partial charge in [-0.1, -0.05) is 30.7 Å². The molecule has 1 heterocycles. The highest BCUT2D eigenvalue weighted by Crippen LogP contribution is 2.11. The predicted molar refractivity (Wildman–Crippen MR) is 84.1 cm³/mol. The average Bonchev–Trinajstić information content (AvgIpc) is 2.90. The number of carbonyl (C=O) groups excluding carboxylic acids is 1. The van der Waals surface area contributed by atoms with E-state index in [-0.39, 0.29) is 11.7 Å². The van der Waals surface area contributed by atoms with Crippen LogP contribution < -0.4 is 5.32 Å². The number of halogens is 1. The van der Waals surface area contributed by atoms with E-state index in [2.05, 4.69) is 10.3 Å². The third-order valence-electron chi connectivity index (χ3n) is 3.06. The van der Waals surface area contributed by atoms with E-state index in [0.717, 1.165) is 5.56 Å². The fourth-order valence-corrected chi connectivity index (χ4v) is 2.03. The van der Waals surface area contributed by atoms with Crippen molar-refractivity contribution in [3.63, 3.8) is 0 Å². The average molecular weight is 323 g/mol. The van der Waals surface area contributed by atoms with Crippen LogP contribution in [0.4, 0.5) is 0 Å². The molecule has 6 heteroatoms. The van der Waals surface area contributed by atoms with E-state index in [1.165, 1.54) is 0 Å². The molecule has 0 aliphatic heterocycles. The second-order valence-corrected chi connectivity index (χ2v) is 5.25. The van der Waals surface area contributed by atoms with Crippen molar-refractivity contribution in [2.75, 3.05) is 13.2 Å². The van der Waals surface area contributed by atoms with Crippen molar-refractivity contribution in [1.82, 2.24) is 10.3 Å². The van der Waals surface area contributed by atoms with Gasteiger partial charge >= 0.3 is 0 Å². The van der Waals surface area contributed by atoms with Crippen molar-refractivity contribution in [1.29, 1.82) is 0 Å². The van der Waals surface area contributed by atoms with Crippen molar-refractivity contribution in [3.8, 4) is 0 Å². The van der Waals surface area contributed by atoms with Gasteiger partial charge in [0, 0.05) is 18.0 Å². The maximum atomic E-state index is 12.0. The van der Waals surface area contributed by atoms with E-state index in [1.54, 1.807) is 6.92 Å². The molecule has 0 unspecified atom stereocenters. The number of amides is 1. The van der Waals surface area contributed by atoms with Crippen LogP contribution in [0, 0.1) is 6.92 Å². The number of benzene rings is 1. The molecule has 0 saturated heterocycles.